The van der Waals surface area contributed by atoms with Crippen molar-refractivity contribution in [2.45, 2.75) is 32.2 Å². The molecule has 110 valence electrons. The lowest BCUT2D eigenvalue weighted by Crippen LogP contribution is -2.51. The third kappa shape index (κ3) is 4.75. The van der Waals surface area contributed by atoms with Crippen LogP contribution in [0.4, 0.5) is 0 Å². The number of carbonyl (C=O) groups is 1. The number of ether oxygens (including phenoxy) is 1. The Morgan fingerprint density at radius 3 is 2.84 bits per heavy atom. The van der Waals surface area contributed by atoms with Crippen LogP contribution in [0.2, 0.25) is 0 Å². The third-order valence-corrected chi connectivity index (χ3v) is 3.91. The van der Waals surface area contributed by atoms with Crippen molar-refractivity contribution in [2.75, 3.05) is 52.5 Å². The molecule has 1 unspecified atom stereocenters. The van der Waals surface area contributed by atoms with E-state index in [2.05, 4.69) is 17.1 Å². The van der Waals surface area contributed by atoms with Gasteiger partial charge in [0.25, 0.3) is 0 Å². The minimum absolute atomic E-state index is 0.263. The topological polar surface area (TPSA) is 44.8 Å². The molecule has 1 N–H and O–H groups in total. The molecular formula is C14H27N3O2. The summed E-state index contributed by atoms with van der Waals surface area (Å²) in [4.78, 5) is 16.4. The van der Waals surface area contributed by atoms with E-state index in [1.54, 1.807) is 0 Å². The number of nitrogens with zero attached hydrogens (tertiary/aromatic N) is 2. The van der Waals surface area contributed by atoms with E-state index in [1.807, 2.05) is 4.90 Å². The summed E-state index contributed by atoms with van der Waals surface area (Å²) in [7, 11) is 0. The van der Waals surface area contributed by atoms with Gasteiger partial charge in [0.05, 0.1) is 19.8 Å². The summed E-state index contributed by atoms with van der Waals surface area (Å²) in [5, 5.41) is 3.57. The average Bonchev–Trinajstić information content (AvgIpc) is 2.46. The fraction of sp³-hybridized carbons (Fsp3) is 0.929. The Morgan fingerprint density at radius 2 is 2.11 bits per heavy atom. The van der Waals surface area contributed by atoms with Gasteiger partial charge in [-0.1, -0.05) is 6.92 Å². The van der Waals surface area contributed by atoms with Crippen LogP contribution in [0.3, 0.4) is 0 Å². The summed E-state index contributed by atoms with van der Waals surface area (Å²) in [5.74, 6) is 0.263. The Kier molecular flexibility index (Phi) is 6.07. The van der Waals surface area contributed by atoms with E-state index in [0.29, 0.717) is 25.8 Å². The second-order valence-corrected chi connectivity index (χ2v) is 5.52. The van der Waals surface area contributed by atoms with Gasteiger partial charge in [0.2, 0.25) is 5.91 Å². The first-order chi connectivity index (χ1) is 9.29. The fourth-order valence-electron chi connectivity index (χ4n) is 2.82. The number of piperidine rings is 1. The largest absolute Gasteiger partial charge is 0.378 e. The molecule has 2 aliphatic rings. The first kappa shape index (κ1) is 14.8. The second kappa shape index (κ2) is 7.82. The first-order valence-corrected chi connectivity index (χ1v) is 7.61. The monoisotopic (exact) mass is 269 g/mol. The fourth-order valence-corrected chi connectivity index (χ4v) is 2.82. The van der Waals surface area contributed by atoms with Crippen LogP contribution < -0.4 is 5.32 Å². The molecule has 2 aliphatic heterocycles. The van der Waals surface area contributed by atoms with Crippen LogP contribution in [0.1, 0.15) is 26.2 Å². The van der Waals surface area contributed by atoms with Gasteiger partial charge in [-0.3, -0.25) is 9.69 Å². The van der Waals surface area contributed by atoms with E-state index >= 15 is 0 Å². The molecule has 0 aromatic carbocycles. The van der Waals surface area contributed by atoms with Crippen molar-refractivity contribution in [3.63, 3.8) is 0 Å². The Hall–Kier alpha value is -0.650. The molecule has 1 atom stereocenters. The molecule has 0 bridgehead atoms. The molecule has 5 nitrogen and oxygen atoms in total. The van der Waals surface area contributed by atoms with E-state index in [9.17, 15) is 4.79 Å². The SMILES string of the molecule is CCCNC1CCCN(CC(=O)N2CCOCC2)C1. The lowest BCUT2D eigenvalue weighted by Gasteiger charge is -2.35. The van der Waals surface area contributed by atoms with Gasteiger partial charge in [0.15, 0.2) is 0 Å². The highest BCUT2D eigenvalue weighted by Gasteiger charge is 2.24. The molecule has 19 heavy (non-hydrogen) atoms. The molecule has 0 radical (unpaired) electrons. The zero-order valence-corrected chi connectivity index (χ0v) is 12.1. The van der Waals surface area contributed by atoms with E-state index in [-0.39, 0.29) is 5.91 Å². The Bertz CT molecular complexity index is 280. The molecule has 2 saturated heterocycles. The summed E-state index contributed by atoms with van der Waals surface area (Å²) in [5.41, 5.74) is 0. The smallest absolute Gasteiger partial charge is 0.236 e. The highest BCUT2D eigenvalue weighted by molar-refractivity contribution is 5.78. The summed E-state index contributed by atoms with van der Waals surface area (Å²) >= 11 is 0. The van der Waals surface area contributed by atoms with Crippen molar-refractivity contribution in [3.05, 3.63) is 0 Å². The lowest BCUT2D eigenvalue weighted by atomic mass is 10.1. The molecule has 5 heteroatoms. The number of nitrogens with one attached hydrogen (secondary N) is 1. The van der Waals surface area contributed by atoms with Crippen molar-refractivity contribution < 1.29 is 9.53 Å². The van der Waals surface area contributed by atoms with Crippen LogP contribution >= 0.6 is 0 Å². The van der Waals surface area contributed by atoms with Crippen molar-refractivity contribution >= 4 is 5.91 Å². The quantitative estimate of drug-likeness (QED) is 0.780. The molecule has 0 spiro atoms. The van der Waals surface area contributed by atoms with Gasteiger partial charge in [-0.2, -0.15) is 0 Å². The lowest BCUT2D eigenvalue weighted by molar-refractivity contribution is -0.136. The van der Waals surface area contributed by atoms with Gasteiger partial charge >= 0.3 is 0 Å². The van der Waals surface area contributed by atoms with Crippen molar-refractivity contribution in [1.29, 1.82) is 0 Å². The Labute approximate surface area is 116 Å². The maximum atomic E-state index is 12.2. The number of hydrogen-bond acceptors (Lipinski definition) is 4. The number of likely N-dealkylation sites (tertiary alicyclic amines) is 1. The van der Waals surface area contributed by atoms with Crippen LogP contribution in [0, 0.1) is 0 Å². The molecule has 2 rings (SSSR count). The maximum absolute atomic E-state index is 12.2. The minimum atomic E-state index is 0.263. The van der Waals surface area contributed by atoms with Gasteiger partial charge in [-0.15, -0.1) is 0 Å². The molecule has 0 aliphatic carbocycles. The molecule has 2 fully saturated rings. The predicted octanol–water partition coefficient (Wildman–Crippen LogP) is 0.309. The highest BCUT2D eigenvalue weighted by atomic mass is 16.5. The standard InChI is InChI=1S/C14H27N3O2/c1-2-5-15-13-4-3-6-16(11-13)12-14(18)17-7-9-19-10-8-17/h13,15H,2-12H2,1H3. The van der Waals surface area contributed by atoms with Gasteiger partial charge in [-0.25, -0.2) is 0 Å². The van der Waals surface area contributed by atoms with E-state index in [1.165, 1.54) is 19.3 Å². The zero-order valence-electron chi connectivity index (χ0n) is 12.1. The number of morpholine rings is 1. The van der Waals surface area contributed by atoms with Crippen LogP contribution in [0.25, 0.3) is 0 Å². The van der Waals surface area contributed by atoms with Crippen molar-refractivity contribution in [2.24, 2.45) is 0 Å². The minimum Gasteiger partial charge on any atom is -0.378 e. The summed E-state index contributed by atoms with van der Waals surface area (Å²) in [6, 6.07) is 0.561. The van der Waals surface area contributed by atoms with E-state index < -0.39 is 0 Å². The highest BCUT2D eigenvalue weighted by Crippen LogP contribution is 2.10. The van der Waals surface area contributed by atoms with Gasteiger partial charge < -0.3 is 15.0 Å². The summed E-state index contributed by atoms with van der Waals surface area (Å²) < 4.78 is 5.28. The van der Waals surface area contributed by atoms with Crippen molar-refractivity contribution in [3.8, 4) is 0 Å². The first-order valence-electron chi connectivity index (χ1n) is 7.61. The normalized spacial score (nSPS) is 25.5. The average molecular weight is 269 g/mol. The molecule has 1 amide bonds. The van der Waals surface area contributed by atoms with Gasteiger partial charge in [0.1, 0.15) is 0 Å². The zero-order chi connectivity index (χ0) is 13.5. The summed E-state index contributed by atoms with van der Waals surface area (Å²) in [6.07, 6.45) is 3.60. The van der Waals surface area contributed by atoms with Crippen LogP contribution in [0.5, 0.6) is 0 Å². The van der Waals surface area contributed by atoms with Crippen molar-refractivity contribution in [1.82, 2.24) is 15.1 Å². The van der Waals surface area contributed by atoms with Gasteiger partial charge in [-0.05, 0) is 32.4 Å². The Morgan fingerprint density at radius 1 is 1.32 bits per heavy atom. The summed E-state index contributed by atoms with van der Waals surface area (Å²) in [6.45, 7) is 8.79. The molecule has 0 aromatic rings. The van der Waals surface area contributed by atoms with E-state index in [4.69, 9.17) is 4.74 Å². The number of hydrogen-bond donors (Lipinski definition) is 1. The van der Waals surface area contributed by atoms with E-state index in [0.717, 1.165) is 32.7 Å². The van der Waals surface area contributed by atoms with Crippen LogP contribution in [-0.4, -0.2) is 74.2 Å². The molecule has 0 aromatic heterocycles. The van der Waals surface area contributed by atoms with Gasteiger partial charge in [0, 0.05) is 25.7 Å². The number of rotatable bonds is 5. The molecular weight excluding hydrogens is 242 g/mol. The molecule has 0 saturated carbocycles. The molecule has 2 heterocycles. The predicted molar refractivity (Wildman–Crippen MR) is 75.2 cm³/mol. The van der Waals surface area contributed by atoms with Crippen LogP contribution in [0.15, 0.2) is 0 Å². The number of amides is 1. The second-order valence-electron chi connectivity index (χ2n) is 5.52. The number of carbonyl (C=O) groups excluding carboxylic acids is 1. The maximum Gasteiger partial charge on any atom is 0.236 e. The van der Waals surface area contributed by atoms with Crippen LogP contribution in [-0.2, 0) is 9.53 Å². The Balaban J connectivity index is 1.73. The third-order valence-electron chi connectivity index (χ3n) is 3.91.